The highest BCUT2D eigenvalue weighted by Crippen LogP contribution is 2.35. The summed E-state index contributed by atoms with van der Waals surface area (Å²) < 4.78 is 30.4. The Morgan fingerprint density at radius 2 is 1.63 bits per heavy atom. The van der Waals surface area contributed by atoms with Crippen LogP contribution in [0.1, 0.15) is 24.0 Å². The van der Waals surface area contributed by atoms with Gasteiger partial charge in [-0.25, -0.2) is 13.1 Å². The number of amides is 1. The fraction of sp³-hybridized carbons (Fsp3) is 0.194. The third kappa shape index (κ3) is 5.78. The predicted molar refractivity (Wildman–Crippen MR) is 167 cm³/mol. The summed E-state index contributed by atoms with van der Waals surface area (Å²) in [4.78, 5) is 15.8. The molecular weight excluding hydrogens is 573 g/mol. The number of hydrogen-bond acceptors (Lipinski definition) is 6. The van der Waals surface area contributed by atoms with Gasteiger partial charge in [-0.1, -0.05) is 84.6 Å². The summed E-state index contributed by atoms with van der Waals surface area (Å²) in [6.45, 7) is 1.57. The number of nitrogens with zero attached hydrogens (tertiary/aromatic N) is 4. The van der Waals surface area contributed by atoms with Crippen molar-refractivity contribution in [3.63, 3.8) is 0 Å². The Bertz CT molecular complexity index is 1730. The third-order valence-corrected chi connectivity index (χ3v) is 10.5. The average Bonchev–Trinajstić information content (AvgIpc) is 3.74. The Hall–Kier alpha value is -3.57. The van der Waals surface area contributed by atoms with E-state index in [-0.39, 0.29) is 10.8 Å². The lowest BCUT2D eigenvalue weighted by Crippen LogP contribution is -2.30. The van der Waals surface area contributed by atoms with E-state index in [0.29, 0.717) is 52.1 Å². The number of benzene rings is 3. The molecule has 0 radical (unpaired) electrons. The van der Waals surface area contributed by atoms with E-state index in [1.807, 2.05) is 79.0 Å². The molecule has 41 heavy (non-hydrogen) atoms. The molecule has 2 aliphatic rings. The minimum absolute atomic E-state index is 0.139. The molecule has 2 aliphatic heterocycles. The first-order valence-electron chi connectivity index (χ1n) is 13.5. The van der Waals surface area contributed by atoms with E-state index in [9.17, 15) is 13.2 Å². The first-order chi connectivity index (χ1) is 19.9. The molecule has 1 aromatic heterocycles. The molecule has 208 valence electrons. The molecule has 2 fully saturated rings. The van der Waals surface area contributed by atoms with Gasteiger partial charge in [0.25, 0.3) is 5.91 Å². The molecule has 0 saturated carbocycles. The van der Waals surface area contributed by atoms with Crippen LogP contribution in [-0.2, 0) is 21.2 Å². The summed E-state index contributed by atoms with van der Waals surface area (Å²) in [5, 5.41) is 4.85. The molecule has 6 rings (SSSR count). The summed E-state index contributed by atoms with van der Waals surface area (Å²) in [6, 6.07) is 26.6. The summed E-state index contributed by atoms with van der Waals surface area (Å²) in [5.41, 5.74) is 3.94. The molecule has 7 nitrogen and oxygen atoms in total. The molecule has 10 heteroatoms. The van der Waals surface area contributed by atoms with Crippen LogP contribution in [0, 0.1) is 0 Å². The number of rotatable bonds is 8. The second-order valence-corrected chi connectivity index (χ2v) is 13.5. The number of aromatic nitrogens is 2. The summed E-state index contributed by atoms with van der Waals surface area (Å²) in [7, 11) is -3.60. The lowest BCUT2D eigenvalue weighted by Gasteiger charge is -2.16. The molecule has 3 aromatic carbocycles. The minimum Gasteiger partial charge on any atom is -0.293 e. The number of thioether (sulfide) groups is 1. The first kappa shape index (κ1) is 27.6. The summed E-state index contributed by atoms with van der Waals surface area (Å²) >= 11 is 6.85. The van der Waals surface area contributed by atoms with Gasteiger partial charge in [-0.15, -0.1) is 0 Å². The highest BCUT2D eigenvalue weighted by molar-refractivity contribution is 8.26. The number of carbonyl (C=O) groups is 1. The van der Waals surface area contributed by atoms with E-state index < -0.39 is 10.0 Å². The van der Waals surface area contributed by atoms with Gasteiger partial charge in [0.05, 0.1) is 15.5 Å². The molecule has 3 heterocycles. The minimum atomic E-state index is -3.60. The van der Waals surface area contributed by atoms with Crippen LogP contribution in [0.15, 0.2) is 101 Å². The molecule has 0 N–H and O–H groups in total. The van der Waals surface area contributed by atoms with Crippen molar-refractivity contribution in [3.05, 3.63) is 107 Å². The number of hydrogen-bond donors (Lipinski definition) is 0. The van der Waals surface area contributed by atoms with E-state index in [0.717, 1.165) is 24.1 Å². The quantitative estimate of drug-likeness (QED) is 0.189. The second-order valence-electron chi connectivity index (χ2n) is 9.92. The Kier molecular flexibility index (Phi) is 7.90. The van der Waals surface area contributed by atoms with Crippen LogP contribution in [0.25, 0.3) is 23.0 Å². The molecule has 1 amide bonds. The maximum atomic E-state index is 13.4. The van der Waals surface area contributed by atoms with E-state index in [2.05, 4.69) is 0 Å². The number of thiocarbonyl (C=S) groups is 1. The van der Waals surface area contributed by atoms with Gasteiger partial charge < -0.3 is 0 Å². The topological polar surface area (TPSA) is 75.5 Å². The fourth-order valence-corrected chi connectivity index (χ4v) is 7.89. The zero-order valence-corrected chi connectivity index (χ0v) is 24.7. The molecule has 0 bridgehead atoms. The molecular formula is C31H28N4O3S3. The highest BCUT2D eigenvalue weighted by atomic mass is 32.2. The van der Waals surface area contributed by atoms with Crippen LogP contribution < -0.4 is 0 Å². The van der Waals surface area contributed by atoms with Crippen LogP contribution in [0.3, 0.4) is 0 Å². The smallest absolute Gasteiger partial charge is 0.266 e. The highest BCUT2D eigenvalue weighted by Gasteiger charge is 2.32. The van der Waals surface area contributed by atoms with Crippen molar-refractivity contribution < 1.29 is 13.2 Å². The zero-order chi connectivity index (χ0) is 28.4. The first-order valence-corrected chi connectivity index (χ1v) is 16.1. The largest absolute Gasteiger partial charge is 0.293 e. The molecule has 0 aliphatic carbocycles. The number of carbonyl (C=O) groups excluding carboxylic acids is 1. The van der Waals surface area contributed by atoms with E-state index in [1.165, 1.54) is 16.1 Å². The molecule has 0 spiro atoms. The van der Waals surface area contributed by atoms with Crippen LogP contribution >= 0.6 is 24.0 Å². The van der Waals surface area contributed by atoms with Gasteiger partial charge in [0.15, 0.2) is 0 Å². The van der Waals surface area contributed by atoms with Gasteiger partial charge in [0.2, 0.25) is 10.0 Å². The van der Waals surface area contributed by atoms with Gasteiger partial charge in [-0.05, 0) is 55.2 Å². The Morgan fingerprint density at radius 3 is 2.37 bits per heavy atom. The zero-order valence-electron chi connectivity index (χ0n) is 22.2. The third-order valence-electron chi connectivity index (χ3n) is 7.20. The number of sulfonamides is 1. The maximum absolute atomic E-state index is 13.4. The fourth-order valence-electron chi connectivity index (χ4n) is 5.03. The van der Waals surface area contributed by atoms with Crippen molar-refractivity contribution in [2.75, 3.05) is 19.6 Å². The Balaban J connectivity index is 1.35. The van der Waals surface area contributed by atoms with Crippen molar-refractivity contribution in [2.45, 2.75) is 24.2 Å². The van der Waals surface area contributed by atoms with Crippen molar-refractivity contribution >= 4 is 50.3 Å². The van der Waals surface area contributed by atoms with E-state index in [4.69, 9.17) is 17.3 Å². The van der Waals surface area contributed by atoms with Gasteiger partial charge in [-0.2, -0.15) is 9.40 Å². The molecule has 0 unspecified atom stereocenters. The SMILES string of the molecule is O=C1C(=Cc2cn(-c3ccccc3)nc2-c2cccc(S(=O)(=O)N3CCCC3)c2)SC(=S)N1CCc1ccccc1. The lowest BCUT2D eigenvalue weighted by molar-refractivity contribution is -0.122. The van der Waals surface area contributed by atoms with Crippen molar-refractivity contribution in [2.24, 2.45) is 0 Å². The molecule has 0 atom stereocenters. The van der Waals surface area contributed by atoms with Crippen molar-refractivity contribution in [3.8, 4) is 16.9 Å². The van der Waals surface area contributed by atoms with Crippen molar-refractivity contribution in [1.29, 1.82) is 0 Å². The van der Waals surface area contributed by atoms with E-state index in [1.54, 1.807) is 27.8 Å². The van der Waals surface area contributed by atoms with Crippen LogP contribution in [-0.4, -0.2) is 57.3 Å². The van der Waals surface area contributed by atoms with Crippen LogP contribution in [0.2, 0.25) is 0 Å². The summed E-state index contributed by atoms with van der Waals surface area (Å²) in [5.74, 6) is -0.139. The summed E-state index contributed by atoms with van der Waals surface area (Å²) in [6.07, 6.45) is 6.12. The van der Waals surface area contributed by atoms with Gasteiger partial charge in [0.1, 0.15) is 10.0 Å². The molecule has 2 saturated heterocycles. The van der Waals surface area contributed by atoms with Crippen LogP contribution in [0.5, 0.6) is 0 Å². The molecule has 4 aromatic rings. The standard InChI is InChI=1S/C31H28N4O3S3/c36-30-28(40-31(39)34(30)19-16-23-10-3-1-4-11-23)21-25-22-35(26-13-5-2-6-14-26)32-29(25)24-12-9-15-27(20-24)41(37,38)33-17-7-8-18-33/h1-6,9-15,20-22H,7-8,16-19H2. The normalized spacial score (nSPS) is 17.2. The lowest BCUT2D eigenvalue weighted by atomic mass is 10.1. The van der Waals surface area contributed by atoms with Crippen LogP contribution in [0.4, 0.5) is 0 Å². The Morgan fingerprint density at radius 1 is 0.927 bits per heavy atom. The average molecular weight is 601 g/mol. The van der Waals surface area contributed by atoms with Gasteiger partial charge >= 0.3 is 0 Å². The predicted octanol–water partition coefficient (Wildman–Crippen LogP) is 5.77. The second kappa shape index (κ2) is 11.7. The monoisotopic (exact) mass is 600 g/mol. The van der Waals surface area contributed by atoms with E-state index >= 15 is 0 Å². The number of para-hydroxylation sites is 1. The maximum Gasteiger partial charge on any atom is 0.266 e. The Labute approximate surface area is 249 Å². The van der Waals surface area contributed by atoms with Gasteiger partial charge in [-0.3, -0.25) is 9.69 Å². The van der Waals surface area contributed by atoms with Crippen molar-refractivity contribution in [1.82, 2.24) is 19.0 Å². The van der Waals surface area contributed by atoms with Gasteiger partial charge in [0, 0.05) is 37.0 Å².